The van der Waals surface area contributed by atoms with Gasteiger partial charge >= 0.3 is 0 Å². The molecular formula is C66H57N. The van der Waals surface area contributed by atoms with Crippen molar-refractivity contribution in [3.63, 3.8) is 0 Å². The summed E-state index contributed by atoms with van der Waals surface area (Å²) in [6, 6.07) is 80.2. The van der Waals surface area contributed by atoms with Crippen LogP contribution >= 0.6 is 0 Å². The summed E-state index contributed by atoms with van der Waals surface area (Å²) >= 11 is 0. The number of fused-ring (bicyclic) bond motifs is 7. The summed E-state index contributed by atoms with van der Waals surface area (Å²) in [6.07, 6.45) is 2.38. The Bertz CT molecular complexity index is 3310. The van der Waals surface area contributed by atoms with E-state index in [1.54, 1.807) is 0 Å². The molecule has 0 atom stereocenters. The molecule has 12 rings (SSSR count). The van der Waals surface area contributed by atoms with Gasteiger partial charge in [-0.15, -0.1) is 0 Å². The number of anilines is 3. The van der Waals surface area contributed by atoms with Gasteiger partial charge < -0.3 is 4.90 Å². The first kappa shape index (κ1) is 41.2. The van der Waals surface area contributed by atoms with Crippen LogP contribution in [0, 0.1) is 0 Å². The van der Waals surface area contributed by atoms with Crippen molar-refractivity contribution in [2.75, 3.05) is 4.90 Å². The number of rotatable bonds is 7. The smallest absolute Gasteiger partial charge is 0.0714 e. The Morgan fingerprint density at radius 3 is 1.49 bits per heavy atom. The topological polar surface area (TPSA) is 3.24 Å². The molecule has 3 aliphatic rings. The lowest BCUT2D eigenvalue weighted by atomic mass is 9.61. The fourth-order valence-electron chi connectivity index (χ4n) is 12.5. The predicted molar refractivity (Wildman–Crippen MR) is 282 cm³/mol. The van der Waals surface area contributed by atoms with Crippen molar-refractivity contribution in [3.05, 3.63) is 257 Å². The highest BCUT2D eigenvalue weighted by atomic mass is 15.1. The molecule has 0 fully saturated rings. The minimum atomic E-state index is -0.520. The van der Waals surface area contributed by atoms with Crippen molar-refractivity contribution in [2.24, 2.45) is 0 Å². The second kappa shape index (κ2) is 15.2. The van der Waals surface area contributed by atoms with E-state index in [4.69, 9.17) is 0 Å². The van der Waals surface area contributed by atoms with Crippen LogP contribution in [0.2, 0.25) is 0 Å². The zero-order valence-electron chi connectivity index (χ0n) is 39.6. The van der Waals surface area contributed by atoms with Crippen molar-refractivity contribution in [1.29, 1.82) is 0 Å². The molecule has 0 heterocycles. The van der Waals surface area contributed by atoms with Crippen LogP contribution in [0.1, 0.15) is 98.9 Å². The maximum atomic E-state index is 2.53. The van der Waals surface area contributed by atoms with E-state index in [-0.39, 0.29) is 16.2 Å². The van der Waals surface area contributed by atoms with E-state index in [2.05, 4.69) is 259 Å². The van der Waals surface area contributed by atoms with E-state index in [0.717, 1.165) is 11.4 Å². The Morgan fingerprint density at radius 1 is 0.328 bits per heavy atom. The Morgan fingerprint density at radius 2 is 0.836 bits per heavy atom. The molecule has 0 N–H and O–H groups in total. The molecule has 0 aromatic heterocycles. The number of hydrogen-bond acceptors (Lipinski definition) is 1. The number of benzene rings is 9. The molecule has 67 heavy (non-hydrogen) atoms. The molecular weight excluding hydrogens is 807 g/mol. The summed E-state index contributed by atoms with van der Waals surface area (Å²) in [6.45, 7) is 14.5. The van der Waals surface area contributed by atoms with Gasteiger partial charge in [-0.05, 0) is 144 Å². The average molecular weight is 864 g/mol. The van der Waals surface area contributed by atoms with Crippen LogP contribution in [0.5, 0.6) is 0 Å². The number of nitrogens with zero attached hydrogens (tertiary/aromatic N) is 1. The highest BCUT2D eigenvalue weighted by Crippen LogP contribution is 2.59. The molecule has 0 spiro atoms. The summed E-state index contributed by atoms with van der Waals surface area (Å²) in [4.78, 5) is 2.53. The van der Waals surface area contributed by atoms with Gasteiger partial charge in [0.15, 0.2) is 0 Å². The van der Waals surface area contributed by atoms with Crippen LogP contribution in [-0.4, -0.2) is 0 Å². The van der Waals surface area contributed by atoms with Gasteiger partial charge in [-0.3, -0.25) is 0 Å². The molecule has 9 aromatic rings. The van der Waals surface area contributed by atoms with E-state index < -0.39 is 5.41 Å². The zero-order valence-corrected chi connectivity index (χ0v) is 39.6. The molecule has 9 aromatic carbocycles. The maximum Gasteiger partial charge on any atom is 0.0714 e. The first-order valence-electron chi connectivity index (χ1n) is 24.2. The zero-order chi connectivity index (χ0) is 45.7. The van der Waals surface area contributed by atoms with Crippen LogP contribution in [0.3, 0.4) is 0 Å². The molecule has 0 unspecified atom stereocenters. The summed E-state index contributed by atoms with van der Waals surface area (Å²) in [5.74, 6) is 0. The number of para-hydroxylation sites is 1. The minimum Gasteiger partial charge on any atom is -0.310 e. The Kier molecular flexibility index (Phi) is 9.33. The molecule has 0 amide bonds. The molecule has 0 bridgehead atoms. The van der Waals surface area contributed by atoms with E-state index in [9.17, 15) is 0 Å². The average Bonchev–Trinajstić information content (AvgIpc) is 3.78. The Balaban J connectivity index is 1.10. The molecule has 0 aliphatic heterocycles. The molecule has 0 radical (unpaired) electrons. The van der Waals surface area contributed by atoms with Crippen molar-refractivity contribution in [3.8, 4) is 44.5 Å². The van der Waals surface area contributed by atoms with E-state index in [0.29, 0.717) is 0 Å². The van der Waals surface area contributed by atoms with Crippen LogP contribution in [0.4, 0.5) is 17.1 Å². The molecule has 1 nitrogen and oxygen atoms in total. The Hall–Kier alpha value is -7.22. The lowest BCUT2D eigenvalue weighted by molar-refractivity contribution is 0.333. The van der Waals surface area contributed by atoms with Gasteiger partial charge in [0, 0.05) is 22.4 Å². The van der Waals surface area contributed by atoms with Crippen LogP contribution in [-0.2, 0) is 21.7 Å². The monoisotopic (exact) mass is 863 g/mol. The third-order valence-electron chi connectivity index (χ3n) is 16.0. The second-order valence-electron chi connectivity index (χ2n) is 21.1. The van der Waals surface area contributed by atoms with E-state index in [1.807, 2.05) is 0 Å². The van der Waals surface area contributed by atoms with Gasteiger partial charge in [0.2, 0.25) is 0 Å². The van der Waals surface area contributed by atoms with Crippen molar-refractivity contribution in [2.45, 2.75) is 76.0 Å². The fraction of sp³-hybridized carbons (Fsp3) is 0.182. The van der Waals surface area contributed by atoms with E-state index in [1.165, 1.54) is 108 Å². The summed E-state index contributed by atoms with van der Waals surface area (Å²) < 4.78 is 0. The third kappa shape index (κ3) is 6.20. The van der Waals surface area contributed by atoms with Crippen molar-refractivity contribution < 1.29 is 0 Å². The standard InChI is InChI=1S/C66H57N/c1-63(2)39-40-64(3,4)62-50(29-20-32-58(62)63)44-33-35-45(36-34-44)54-42-55-52-28-16-18-30-56(52)65(5,6)59(55)43-61(54)67(48-25-14-9-15-26-48)49-37-38-53-51-27-17-19-31-57(51)66(60(53)41-49,46-21-10-7-11-22-46)47-23-12-8-13-24-47/h7-38,41-43H,39-40H2,1-6H3. The first-order chi connectivity index (χ1) is 32.5. The molecule has 0 saturated heterocycles. The van der Waals surface area contributed by atoms with E-state index >= 15 is 0 Å². The summed E-state index contributed by atoms with van der Waals surface area (Å²) in [5.41, 5.74) is 24.0. The van der Waals surface area contributed by atoms with Gasteiger partial charge in [0.25, 0.3) is 0 Å². The maximum absolute atomic E-state index is 2.53. The Labute approximate surface area is 397 Å². The van der Waals surface area contributed by atoms with Gasteiger partial charge in [0.1, 0.15) is 0 Å². The van der Waals surface area contributed by atoms with Gasteiger partial charge in [-0.2, -0.15) is 0 Å². The first-order valence-corrected chi connectivity index (χ1v) is 24.2. The largest absolute Gasteiger partial charge is 0.310 e. The highest BCUT2D eigenvalue weighted by molar-refractivity contribution is 5.96. The molecule has 1 heteroatoms. The fourth-order valence-corrected chi connectivity index (χ4v) is 12.5. The lowest BCUT2D eigenvalue weighted by Gasteiger charge is -2.43. The lowest BCUT2D eigenvalue weighted by Crippen LogP contribution is -2.34. The molecule has 3 aliphatic carbocycles. The minimum absolute atomic E-state index is 0.0967. The van der Waals surface area contributed by atoms with Gasteiger partial charge in [0.05, 0.1) is 11.1 Å². The summed E-state index contributed by atoms with van der Waals surface area (Å²) in [5, 5.41) is 0. The van der Waals surface area contributed by atoms with Gasteiger partial charge in [-0.1, -0.05) is 217 Å². The van der Waals surface area contributed by atoms with Crippen molar-refractivity contribution >= 4 is 17.1 Å². The van der Waals surface area contributed by atoms with Crippen LogP contribution in [0.25, 0.3) is 44.5 Å². The normalized spacial score (nSPS) is 16.3. The van der Waals surface area contributed by atoms with Crippen LogP contribution in [0.15, 0.2) is 212 Å². The predicted octanol–water partition coefficient (Wildman–Crippen LogP) is 17.5. The highest BCUT2D eigenvalue weighted by Gasteiger charge is 2.47. The molecule has 0 saturated carbocycles. The second-order valence-corrected chi connectivity index (χ2v) is 21.1. The van der Waals surface area contributed by atoms with Crippen molar-refractivity contribution in [1.82, 2.24) is 0 Å². The quantitative estimate of drug-likeness (QED) is 0.154. The van der Waals surface area contributed by atoms with Crippen LogP contribution < -0.4 is 4.90 Å². The van der Waals surface area contributed by atoms with Gasteiger partial charge in [-0.25, -0.2) is 0 Å². The molecule has 326 valence electrons. The number of hydrogen-bond donors (Lipinski definition) is 0. The third-order valence-corrected chi connectivity index (χ3v) is 16.0. The summed E-state index contributed by atoms with van der Waals surface area (Å²) in [7, 11) is 0. The SMILES string of the molecule is CC1(C)CCC(C)(C)c2c(-c3ccc(-c4cc5c(cc4N(c4ccccc4)c4ccc6c(c4)C(c4ccccc4)(c4ccccc4)c4ccccc4-6)C(C)(C)c4ccccc4-5)cc3)cccc21.